The molecule has 136 valence electrons. The zero-order valence-electron chi connectivity index (χ0n) is 15.2. The Hall–Kier alpha value is -2.17. The van der Waals surface area contributed by atoms with Gasteiger partial charge in [0, 0.05) is 12.2 Å². The number of ether oxygens (including phenoxy) is 2. The molecule has 0 aliphatic carbocycles. The fourth-order valence-corrected chi connectivity index (χ4v) is 3.36. The number of hydrogen-bond acceptors (Lipinski definition) is 4. The lowest BCUT2D eigenvalue weighted by Gasteiger charge is -2.22. The minimum Gasteiger partial charge on any atom is -0.436 e. The van der Waals surface area contributed by atoms with Crippen molar-refractivity contribution >= 4 is 11.1 Å². The predicted octanol–water partition coefficient (Wildman–Crippen LogP) is 5.28. The van der Waals surface area contributed by atoms with Gasteiger partial charge in [-0.2, -0.15) is 0 Å². The Morgan fingerprint density at radius 3 is 2.77 bits per heavy atom. The molecule has 4 heteroatoms. The lowest BCUT2D eigenvalue weighted by molar-refractivity contribution is -0.162. The van der Waals surface area contributed by atoms with Crippen LogP contribution in [0.5, 0.6) is 0 Å². The maximum atomic E-state index is 5.95. The molecule has 0 N–H and O–H groups in total. The van der Waals surface area contributed by atoms with E-state index in [0.29, 0.717) is 5.89 Å². The lowest BCUT2D eigenvalue weighted by atomic mass is 10.1. The van der Waals surface area contributed by atoms with Crippen LogP contribution in [-0.4, -0.2) is 24.5 Å². The molecular weight excluding hydrogens is 326 g/mol. The standard InChI is InChI=1S/C22H25NO3/c1-16-6-4-8-19-21(16)26-22(23-19)18-12-10-17(11-13-18)7-5-15-25-20-9-2-3-14-24-20/h4,6,8,10-13,20H,2-3,5,7,9,14-15H2,1H3. The SMILES string of the molecule is Cc1cccc2nc(-c3ccc(CCCOC4CCCCO4)cc3)oc12. The fourth-order valence-electron chi connectivity index (χ4n) is 3.36. The van der Waals surface area contributed by atoms with E-state index in [0.717, 1.165) is 61.1 Å². The molecule has 1 aliphatic rings. The summed E-state index contributed by atoms with van der Waals surface area (Å²) in [4.78, 5) is 4.60. The van der Waals surface area contributed by atoms with Gasteiger partial charge >= 0.3 is 0 Å². The van der Waals surface area contributed by atoms with Crippen molar-refractivity contribution in [2.24, 2.45) is 0 Å². The zero-order valence-corrected chi connectivity index (χ0v) is 15.2. The normalized spacial score (nSPS) is 17.7. The number of oxazole rings is 1. The highest BCUT2D eigenvalue weighted by Gasteiger charge is 2.13. The van der Waals surface area contributed by atoms with Crippen molar-refractivity contribution in [2.75, 3.05) is 13.2 Å². The predicted molar refractivity (Wildman–Crippen MR) is 102 cm³/mol. The van der Waals surface area contributed by atoms with Gasteiger partial charge in [0.15, 0.2) is 11.9 Å². The first-order valence-corrected chi connectivity index (χ1v) is 9.48. The summed E-state index contributed by atoms with van der Waals surface area (Å²) in [5, 5.41) is 0. The summed E-state index contributed by atoms with van der Waals surface area (Å²) in [5.41, 5.74) is 5.20. The van der Waals surface area contributed by atoms with Gasteiger partial charge in [-0.1, -0.05) is 24.3 Å². The zero-order chi connectivity index (χ0) is 17.8. The number of para-hydroxylation sites is 1. The van der Waals surface area contributed by atoms with E-state index in [1.54, 1.807) is 0 Å². The highest BCUT2D eigenvalue weighted by atomic mass is 16.7. The summed E-state index contributed by atoms with van der Waals surface area (Å²) in [5.74, 6) is 0.679. The Labute approximate surface area is 154 Å². The molecule has 0 bridgehead atoms. The second-order valence-electron chi connectivity index (χ2n) is 6.91. The summed E-state index contributed by atoms with van der Waals surface area (Å²) >= 11 is 0. The van der Waals surface area contributed by atoms with Crippen LogP contribution in [0.1, 0.15) is 36.8 Å². The van der Waals surface area contributed by atoms with Gasteiger partial charge < -0.3 is 13.9 Å². The quantitative estimate of drug-likeness (QED) is 0.567. The number of fused-ring (bicyclic) bond motifs is 1. The summed E-state index contributed by atoms with van der Waals surface area (Å²) in [6, 6.07) is 14.5. The van der Waals surface area contributed by atoms with E-state index in [4.69, 9.17) is 13.9 Å². The van der Waals surface area contributed by atoms with Crippen LogP contribution in [-0.2, 0) is 15.9 Å². The summed E-state index contributed by atoms with van der Waals surface area (Å²) in [6.07, 6.45) is 5.40. The molecular formula is C22H25NO3. The van der Waals surface area contributed by atoms with Gasteiger partial charge in [0.25, 0.3) is 0 Å². The molecule has 4 rings (SSSR count). The topological polar surface area (TPSA) is 44.5 Å². The molecule has 1 aromatic heterocycles. The lowest BCUT2D eigenvalue weighted by Crippen LogP contribution is -2.22. The Morgan fingerprint density at radius 2 is 2.00 bits per heavy atom. The average Bonchev–Trinajstić information content (AvgIpc) is 3.12. The largest absolute Gasteiger partial charge is 0.436 e. The molecule has 0 amide bonds. The smallest absolute Gasteiger partial charge is 0.227 e. The molecule has 1 fully saturated rings. The maximum absolute atomic E-state index is 5.95. The molecule has 2 aromatic carbocycles. The summed E-state index contributed by atoms with van der Waals surface area (Å²) in [7, 11) is 0. The van der Waals surface area contributed by atoms with Gasteiger partial charge in [0.2, 0.25) is 5.89 Å². The second-order valence-corrected chi connectivity index (χ2v) is 6.91. The van der Waals surface area contributed by atoms with Crippen LogP contribution in [0, 0.1) is 6.92 Å². The monoisotopic (exact) mass is 351 g/mol. The number of hydrogen-bond donors (Lipinski definition) is 0. The van der Waals surface area contributed by atoms with Crippen LogP contribution in [0.4, 0.5) is 0 Å². The first-order chi connectivity index (χ1) is 12.8. The van der Waals surface area contributed by atoms with Crippen LogP contribution >= 0.6 is 0 Å². The third kappa shape index (κ3) is 3.97. The van der Waals surface area contributed by atoms with E-state index < -0.39 is 0 Å². The van der Waals surface area contributed by atoms with Crippen molar-refractivity contribution in [1.82, 2.24) is 4.98 Å². The Bertz CT molecular complexity index is 847. The van der Waals surface area contributed by atoms with Crippen LogP contribution in [0.3, 0.4) is 0 Å². The van der Waals surface area contributed by atoms with E-state index in [2.05, 4.69) is 29.2 Å². The molecule has 4 nitrogen and oxygen atoms in total. The van der Waals surface area contributed by atoms with Gasteiger partial charge in [0.1, 0.15) is 5.52 Å². The van der Waals surface area contributed by atoms with E-state index >= 15 is 0 Å². The minimum atomic E-state index is 0.00809. The summed E-state index contributed by atoms with van der Waals surface area (Å²) in [6.45, 7) is 3.62. The molecule has 2 heterocycles. The first-order valence-electron chi connectivity index (χ1n) is 9.48. The van der Waals surface area contributed by atoms with Gasteiger partial charge in [-0.3, -0.25) is 0 Å². The third-order valence-corrected chi connectivity index (χ3v) is 4.86. The van der Waals surface area contributed by atoms with Crippen LogP contribution in [0.25, 0.3) is 22.6 Å². The van der Waals surface area contributed by atoms with Crippen LogP contribution < -0.4 is 0 Å². The molecule has 26 heavy (non-hydrogen) atoms. The van der Waals surface area contributed by atoms with Gasteiger partial charge in [-0.25, -0.2) is 4.98 Å². The molecule has 0 saturated carbocycles. The van der Waals surface area contributed by atoms with Crippen LogP contribution in [0.15, 0.2) is 46.9 Å². The Balaban J connectivity index is 1.33. The van der Waals surface area contributed by atoms with Gasteiger partial charge in [0.05, 0.1) is 6.61 Å². The van der Waals surface area contributed by atoms with Crippen LogP contribution in [0.2, 0.25) is 0 Å². The van der Waals surface area contributed by atoms with Crippen molar-refractivity contribution in [1.29, 1.82) is 0 Å². The number of aromatic nitrogens is 1. The Kier molecular flexibility index (Phi) is 5.32. The molecule has 0 spiro atoms. The molecule has 1 aliphatic heterocycles. The molecule has 3 aromatic rings. The van der Waals surface area contributed by atoms with E-state index in [1.807, 2.05) is 25.1 Å². The minimum absolute atomic E-state index is 0.00809. The average molecular weight is 351 g/mol. The molecule has 0 radical (unpaired) electrons. The number of aryl methyl sites for hydroxylation is 2. The second kappa shape index (κ2) is 8.02. The van der Waals surface area contributed by atoms with Crippen molar-refractivity contribution < 1.29 is 13.9 Å². The first kappa shape index (κ1) is 17.3. The van der Waals surface area contributed by atoms with Gasteiger partial charge in [-0.15, -0.1) is 0 Å². The number of nitrogens with zero attached hydrogens (tertiary/aromatic N) is 1. The summed E-state index contributed by atoms with van der Waals surface area (Å²) < 4.78 is 17.3. The molecule has 1 atom stereocenters. The highest BCUT2D eigenvalue weighted by molar-refractivity contribution is 5.79. The number of rotatable bonds is 6. The Morgan fingerprint density at radius 1 is 1.12 bits per heavy atom. The van der Waals surface area contributed by atoms with E-state index in [-0.39, 0.29) is 6.29 Å². The van der Waals surface area contributed by atoms with Crippen molar-refractivity contribution in [3.63, 3.8) is 0 Å². The van der Waals surface area contributed by atoms with Crippen molar-refractivity contribution in [3.8, 4) is 11.5 Å². The number of benzene rings is 2. The molecule has 1 unspecified atom stereocenters. The molecule has 1 saturated heterocycles. The fraction of sp³-hybridized carbons (Fsp3) is 0.409. The van der Waals surface area contributed by atoms with Crippen molar-refractivity contribution in [2.45, 2.75) is 45.3 Å². The van der Waals surface area contributed by atoms with Crippen molar-refractivity contribution in [3.05, 3.63) is 53.6 Å². The maximum Gasteiger partial charge on any atom is 0.227 e. The van der Waals surface area contributed by atoms with E-state index in [1.165, 1.54) is 12.0 Å². The van der Waals surface area contributed by atoms with Gasteiger partial charge in [-0.05, 0) is 68.4 Å². The van der Waals surface area contributed by atoms with E-state index in [9.17, 15) is 0 Å². The third-order valence-electron chi connectivity index (χ3n) is 4.86. The highest BCUT2D eigenvalue weighted by Crippen LogP contribution is 2.26.